The maximum Gasteiger partial charge on any atom is 0.257 e. The van der Waals surface area contributed by atoms with Crippen molar-refractivity contribution in [2.45, 2.75) is 40.0 Å². The van der Waals surface area contributed by atoms with Crippen LogP contribution in [0.1, 0.15) is 60.7 Å². The molecule has 0 radical (unpaired) electrons. The molecule has 0 spiro atoms. The van der Waals surface area contributed by atoms with E-state index in [2.05, 4.69) is 47.3 Å². The van der Waals surface area contributed by atoms with E-state index in [0.717, 1.165) is 32.4 Å². The van der Waals surface area contributed by atoms with Crippen molar-refractivity contribution in [1.29, 1.82) is 0 Å². The number of thiocarbonyl (C=S) groups is 1. The van der Waals surface area contributed by atoms with Crippen LogP contribution in [-0.4, -0.2) is 41.5 Å². The van der Waals surface area contributed by atoms with Crippen molar-refractivity contribution in [3.05, 3.63) is 58.1 Å². The maximum absolute atomic E-state index is 13.1. The summed E-state index contributed by atoms with van der Waals surface area (Å²) in [4.78, 5) is 27.7. The van der Waals surface area contributed by atoms with Crippen LogP contribution in [0.2, 0.25) is 0 Å². The standard InChI is InChI=1S/C26H32BrN3O3S/c1-17(2)12-15-33-23-9-8-19(16-21(23)27)24(31)29-26(34)28-22-7-5-4-6-20(22)25(32)30-13-10-18(3)11-14-30/h4-9,16-18H,10-15H2,1-3H3,(H2,28,29,31,34). The van der Waals surface area contributed by atoms with E-state index in [9.17, 15) is 9.59 Å². The van der Waals surface area contributed by atoms with Crippen LogP contribution >= 0.6 is 28.1 Å². The third-order valence-corrected chi connectivity index (χ3v) is 6.67. The zero-order chi connectivity index (χ0) is 24.7. The van der Waals surface area contributed by atoms with E-state index in [1.165, 1.54) is 0 Å². The van der Waals surface area contributed by atoms with Crippen LogP contribution in [0.4, 0.5) is 5.69 Å². The molecule has 0 unspecified atom stereocenters. The molecular formula is C26H32BrN3O3S. The summed E-state index contributed by atoms with van der Waals surface area (Å²) in [5.74, 6) is 1.52. The first-order chi connectivity index (χ1) is 16.2. The Bertz CT molecular complexity index is 1040. The summed E-state index contributed by atoms with van der Waals surface area (Å²) in [6.07, 6.45) is 2.97. The van der Waals surface area contributed by atoms with Crippen molar-refractivity contribution in [2.75, 3.05) is 25.0 Å². The molecule has 182 valence electrons. The molecule has 3 rings (SSSR count). The summed E-state index contributed by atoms with van der Waals surface area (Å²) in [5.41, 5.74) is 1.56. The number of carbonyl (C=O) groups excluding carboxylic acids is 2. The topological polar surface area (TPSA) is 70.7 Å². The van der Waals surface area contributed by atoms with Gasteiger partial charge in [0.1, 0.15) is 5.75 Å². The average Bonchev–Trinajstić information content (AvgIpc) is 2.80. The van der Waals surface area contributed by atoms with Crippen molar-refractivity contribution >= 4 is 50.8 Å². The molecule has 0 aromatic heterocycles. The van der Waals surface area contributed by atoms with Gasteiger partial charge in [-0.1, -0.05) is 32.9 Å². The molecule has 0 atom stereocenters. The van der Waals surface area contributed by atoms with Gasteiger partial charge in [-0.25, -0.2) is 0 Å². The fraction of sp³-hybridized carbons (Fsp3) is 0.423. The second kappa shape index (κ2) is 12.3. The van der Waals surface area contributed by atoms with Crippen molar-refractivity contribution < 1.29 is 14.3 Å². The zero-order valence-electron chi connectivity index (χ0n) is 19.9. The molecule has 0 saturated carbocycles. The van der Waals surface area contributed by atoms with Gasteiger partial charge in [0.25, 0.3) is 11.8 Å². The number of hydrogen-bond donors (Lipinski definition) is 2. The van der Waals surface area contributed by atoms with Crippen molar-refractivity contribution in [2.24, 2.45) is 11.8 Å². The summed E-state index contributed by atoms with van der Waals surface area (Å²) < 4.78 is 6.48. The summed E-state index contributed by atoms with van der Waals surface area (Å²) in [6, 6.07) is 12.4. The van der Waals surface area contributed by atoms with Crippen LogP contribution in [0.5, 0.6) is 5.75 Å². The number of amides is 2. The predicted molar refractivity (Wildman–Crippen MR) is 144 cm³/mol. The number of nitrogens with zero attached hydrogens (tertiary/aromatic N) is 1. The number of likely N-dealkylation sites (tertiary alicyclic amines) is 1. The molecule has 2 amide bonds. The van der Waals surface area contributed by atoms with Crippen LogP contribution < -0.4 is 15.4 Å². The van der Waals surface area contributed by atoms with Gasteiger partial charge in [0, 0.05) is 18.7 Å². The fourth-order valence-corrected chi connectivity index (χ4v) is 4.35. The first-order valence-electron chi connectivity index (χ1n) is 11.7. The molecule has 1 fully saturated rings. The smallest absolute Gasteiger partial charge is 0.257 e. The number of hydrogen-bond acceptors (Lipinski definition) is 4. The highest BCUT2D eigenvalue weighted by atomic mass is 79.9. The lowest BCUT2D eigenvalue weighted by molar-refractivity contribution is 0.0698. The quantitative estimate of drug-likeness (QED) is 0.425. The molecule has 8 heteroatoms. The largest absolute Gasteiger partial charge is 0.492 e. The molecule has 1 aliphatic rings. The Kier molecular flexibility index (Phi) is 9.47. The van der Waals surface area contributed by atoms with Crippen molar-refractivity contribution in [3.63, 3.8) is 0 Å². The Morgan fingerprint density at radius 2 is 1.88 bits per heavy atom. The second-order valence-corrected chi connectivity index (χ2v) is 10.4. The average molecular weight is 547 g/mol. The number of rotatable bonds is 7. The summed E-state index contributed by atoms with van der Waals surface area (Å²) in [5, 5.41) is 5.85. The highest BCUT2D eigenvalue weighted by Crippen LogP contribution is 2.27. The Balaban J connectivity index is 1.61. The minimum Gasteiger partial charge on any atom is -0.492 e. The number of carbonyl (C=O) groups is 2. The van der Waals surface area contributed by atoms with Gasteiger partial charge >= 0.3 is 0 Å². The van der Waals surface area contributed by atoms with Crippen molar-refractivity contribution in [1.82, 2.24) is 10.2 Å². The SMILES string of the molecule is CC(C)CCOc1ccc(C(=O)NC(=S)Nc2ccccc2C(=O)N2CCC(C)CC2)cc1Br. The molecule has 1 saturated heterocycles. The third kappa shape index (κ3) is 7.27. The molecule has 2 aromatic rings. The van der Waals surface area contributed by atoms with Crippen LogP contribution in [0.25, 0.3) is 0 Å². The van der Waals surface area contributed by atoms with Gasteiger partial charge in [0.15, 0.2) is 5.11 Å². The zero-order valence-corrected chi connectivity index (χ0v) is 22.3. The number of benzene rings is 2. The Morgan fingerprint density at radius 3 is 2.56 bits per heavy atom. The van der Waals surface area contributed by atoms with Gasteiger partial charge in [-0.2, -0.15) is 0 Å². The normalized spacial score (nSPS) is 14.1. The Labute approximate surface area is 215 Å². The Hall–Kier alpha value is -2.45. The van der Waals surface area contributed by atoms with Crippen LogP contribution in [-0.2, 0) is 0 Å². The highest BCUT2D eigenvalue weighted by Gasteiger charge is 2.23. The lowest BCUT2D eigenvalue weighted by Gasteiger charge is -2.30. The second-order valence-electron chi connectivity index (χ2n) is 9.10. The van der Waals surface area contributed by atoms with E-state index in [0.29, 0.717) is 45.5 Å². The van der Waals surface area contributed by atoms with Gasteiger partial charge in [0.2, 0.25) is 0 Å². The van der Waals surface area contributed by atoms with E-state index in [-0.39, 0.29) is 16.9 Å². The van der Waals surface area contributed by atoms with Gasteiger partial charge in [0.05, 0.1) is 22.3 Å². The summed E-state index contributed by atoms with van der Waals surface area (Å²) in [6.45, 7) is 8.62. The summed E-state index contributed by atoms with van der Waals surface area (Å²) >= 11 is 8.84. The van der Waals surface area contributed by atoms with Crippen LogP contribution in [0.15, 0.2) is 46.9 Å². The van der Waals surface area contributed by atoms with E-state index in [1.54, 1.807) is 30.3 Å². The molecule has 2 aromatic carbocycles. The molecule has 1 aliphatic heterocycles. The van der Waals surface area contributed by atoms with E-state index in [1.807, 2.05) is 17.0 Å². The predicted octanol–water partition coefficient (Wildman–Crippen LogP) is 5.87. The van der Waals surface area contributed by atoms with Crippen LogP contribution in [0, 0.1) is 11.8 Å². The molecule has 6 nitrogen and oxygen atoms in total. The molecule has 1 heterocycles. The number of piperidine rings is 1. The van der Waals surface area contributed by atoms with Crippen LogP contribution in [0.3, 0.4) is 0 Å². The number of ether oxygens (including phenoxy) is 1. The highest BCUT2D eigenvalue weighted by molar-refractivity contribution is 9.10. The minimum atomic E-state index is -0.347. The van der Waals surface area contributed by atoms with Crippen molar-refractivity contribution in [3.8, 4) is 5.75 Å². The van der Waals surface area contributed by atoms with Gasteiger partial charge < -0.3 is 15.0 Å². The first-order valence-corrected chi connectivity index (χ1v) is 12.9. The molecular weight excluding hydrogens is 514 g/mol. The van der Waals surface area contributed by atoms with Gasteiger partial charge in [-0.3, -0.25) is 14.9 Å². The molecule has 0 aliphatic carbocycles. The lowest BCUT2D eigenvalue weighted by Crippen LogP contribution is -2.39. The monoisotopic (exact) mass is 545 g/mol. The number of para-hydroxylation sites is 1. The fourth-order valence-electron chi connectivity index (χ4n) is 3.65. The summed E-state index contributed by atoms with van der Waals surface area (Å²) in [7, 11) is 0. The maximum atomic E-state index is 13.1. The number of halogens is 1. The number of anilines is 1. The molecule has 34 heavy (non-hydrogen) atoms. The van der Waals surface area contributed by atoms with E-state index >= 15 is 0 Å². The van der Waals surface area contributed by atoms with E-state index in [4.69, 9.17) is 17.0 Å². The lowest BCUT2D eigenvalue weighted by atomic mass is 9.98. The molecule has 2 N–H and O–H groups in total. The number of nitrogens with one attached hydrogen (secondary N) is 2. The Morgan fingerprint density at radius 1 is 1.18 bits per heavy atom. The first kappa shape index (κ1) is 26.2. The minimum absolute atomic E-state index is 0.0267. The van der Waals surface area contributed by atoms with E-state index < -0.39 is 0 Å². The van der Waals surface area contributed by atoms with Gasteiger partial charge in [-0.15, -0.1) is 0 Å². The van der Waals surface area contributed by atoms with Gasteiger partial charge in [-0.05, 0) is 89.6 Å². The third-order valence-electron chi connectivity index (χ3n) is 5.85. The molecule has 0 bridgehead atoms.